The lowest BCUT2D eigenvalue weighted by molar-refractivity contribution is 0.403. The molecule has 0 saturated heterocycles. The Kier molecular flexibility index (Phi) is 8.01. The maximum atomic E-state index is 14.5. The minimum atomic E-state index is -3.45. The lowest BCUT2D eigenvalue weighted by atomic mass is 9.74. The van der Waals surface area contributed by atoms with Crippen LogP contribution in [0.5, 0.6) is 0 Å². The molecule has 0 aliphatic rings. The summed E-state index contributed by atoms with van der Waals surface area (Å²) in [7, 11) is -3.45. The number of pyridine rings is 1. The fourth-order valence-corrected chi connectivity index (χ4v) is 5.25. The minimum Gasteiger partial charge on any atom is -0.268 e. The fraction of sp³-hybridized carbons (Fsp3) is 0.321. The standard InChI is InChI=1S/C28H30F2N6O2S/c1-6-18-14-22(25-20(29)8-7-9-21(25)30)34-35-26(18)28(4,15-17(2)3)23-12-13-31-27(33-23)19-10-11-24(32-16-19)36-39(5,37)38/h7-14,16-17H,6,15H2,1-5H3,(H,32,36)/t28-/m0/s1. The van der Waals surface area contributed by atoms with Gasteiger partial charge in [0.1, 0.15) is 17.5 Å². The van der Waals surface area contributed by atoms with Crippen LogP contribution in [-0.4, -0.2) is 39.8 Å². The lowest BCUT2D eigenvalue weighted by Crippen LogP contribution is -2.30. The number of hydrogen-bond acceptors (Lipinski definition) is 7. The summed E-state index contributed by atoms with van der Waals surface area (Å²) in [5, 5.41) is 8.79. The monoisotopic (exact) mass is 552 g/mol. The van der Waals surface area contributed by atoms with Crippen LogP contribution in [0.4, 0.5) is 14.6 Å². The van der Waals surface area contributed by atoms with E-state index in [1.54, 1.807) is 24.4 Å². The van der Waals surface area contributed by atoms with E-state index in [1.807, 2.05) is 19.9 Å². The number of aryl methyl sites for hydroxylation is 1. The largest absolute Gasteiger partial charge is 0.268 e. The van der Waals surface area contributed by atoms with E-state index in [4.69, 9.17) is 4.98 Å². The molecule has 4 aromatic rings. The second-order valence-electron chi connectivity index (χ2n) is 10.1. The normalized spacial score (nSPS) is 13.3. The van der Waals surface area contributed by atoms with Gasteiger partial charge in [0.05, 0.1) is 34.3 Å². The molecule has 0 fully saturated rings. The van der Waals surface area contributed by atoms with Crippen molar-refractivity contribution < 1.29 is 17.2 Å². The van der Waals surface area contributed by atoms with Crippen molar-refractivity contribution in [3.63, 3.8) is 0 Å². The zero-order chi connectivity index (χ0) is 28.4. The second kappa shape index (κ2) is 11.1. The Bertz CT molecular complexity index is 1580. The highest BCUT2D eigenvalue weighted by atomic mass is 32.2. The van der Waals surface area contributed by atoms with Crippen molar-refractivity contribution in [1.29, 1.82) is 0 Å². The van der Waals surface area contributed by atoms with Crippen LogP contribution in [0.2, 0.25) is 0 Å². The first-order valence-electron chi connectivity index (χ1n) is 12.5. The van der Waals surface area contributed by atoms with Crippen LogP contribution in [0.15, 0.2) is 54.9 Å². The first kappa shape index (κ1) is 28.2. The molecule has 1 atom stereocenters. The van der Waals surface area contributed by atoms with Gasteiger partial charge in [-0.05, 0) is 67.6 Å². The van der Waals surface area contributed by atoms with Crippen LogP contribution < -0.4 is 4.72 Å². The van der Waals surface area contributed by atoms with Gasteiger partial charge in [-0.1, -0.05) is 26.8 Å². The summed E-state index contributed by atoms with van der Waals surface area (Å²) in [6.07, 6.45) is 5.45. The van der Waals surface area contributed by atoms with E-state index in [0.29, 0.717) is 35.6 Å². The predicted molar refractivity (Wildman–Crippen MR) is 146 cm³/mol. The molecule has 0 unspecified atom stereocenters. The van der Waals surface area contributed by atoms with Crippen LogP contribution in [0.25, 0.3) is 22.6 Å². The Balaban J connectivity index is 1.79. The summed E-state index contributed by atoms with van der Waals surface area (Å²) in [6, 6.07) is 10.5. The molecule has 0 aliphatic heterocycles. The highest BCUT2D eigenvalue weighted by Gasteiger charge is 2.36. The van der Waals surface area contributed by atoms with E-state index in [0.717, 1.165) is 11.8 Å². The third kappa shape index (κ3) is 6.25. The zero-order valence-electron chi connectivity index (χ0n) is 22.4. The number of benzene rings is 1. The number of nitrogens with one attached hydrogen (secondary N) is 1. The molecule has 0 radical (unpaired) electrons. The van der Waals surface area contributed by atoms with Gasteiger partial charge in [0.2, 0.25) is 10.0 Å². The molecule has 11 heteroatoms. The Labute approximate surface area is 227 Å². The molecular weight excluding hydrogens is 522 g/mol. The van der Waals surface area contributed by atoms with Crippen LogP contribution in [0.1, 0.15) is 51.1 Å². The van der Waals surface area contributed by atoms with Gasteiger partial charge >= 0.3 is 0 Å². The Hall–Kier alpha value is -3.86. The van der Waals surface area contributed by atoms with E-state index in [2.05, 4.69) is 38.7 Å². The summed E-state index contributed by atoms with van der Waals surface area (Å²) < 4.78 is 54.3. The van der Waals surface area contributed by atoms with E-state index in [9.17, 15) is 17.2 Å². The highest BCUT2D eigenvalue weighted by Crippen LogP contribution is 2.39. The lowest BCUT2D eigenvalue weighted by Gasteiger charge is -2.32. The first-order valence-corrected chi connectivity index (χ1v) is 14.4. The van der Waals surface area contributed by atoms with Crippen molar-refractivity contribution in [2.24, 2.45) is 5.92 Å². The van der Waals surface area contributed by atoms with Gasteiger partial charge in [-0.25, -0.2) is 32.2 Å². The number of nitrogens with zero attached hydrogens (tertiary/aromatic N) is 5. The van der Waals surface area contributed by atoms with Gasteiger partial charge in [-0.3, -0.25) is 4.72 Å². The van der Waals surface area contributed by atoms with E-state index >= 15 is 0 Å². The number of hydrogen-bond donors (Lipinski definition) is 1. The van der Waals surface area contributed by atoms with E-state index < -0.39 is 27.1 Å². The number of rotatable bonds is 9. The van der Waals surface area contributed by atoms with Gasteiger partial charge < -0.3 is 0 Å². The van der Waals surface area contributed by atoms with Crippen LogP contribution in [0, 0.1) is 17.6 Å². The summed E-state index contributed by atoms with van der Waals surface area (Å²) >= 11 is 0. The zero-order valence-corrected chi connectivity index (χ0v) is 23.2. The summed E-state index contributed by atoms with van der Waals surface area (Å²) in [4.78, 5) is 13.4. The molecule has 3 aromatic heterocycles. The van der Waals surface area contributed by atoms with E-state index in [1.165, 1.54) is 24.4 Å². The average Bonchev–Trinajstić information content (AvgIpc) is 2.87. The molecule has 0 saturated carbocycles. The highest BCUT2D eigenvalue weighted by molar-refractivity contribution is 7.92. The average molecular weight is 553 g/mol. The van der Waals surface area contributed by atoms with Crippen molar-refractivity contribution in [3.8, 4) is 22.6 Å². The molecule has 39 heavy (non-hydrogen) atoms. The number of halogens is 2. The number of anilines is 1. The van der Waals surface area contributed by atoms with Crippen molar-refractivity contribution in [1.82, 2.24) is 25.1 Å². The van der Waals surface area contributed by atoms with Crippen molar-refractivity contribution in [3.05, 3.63) is 83.4 Å². The number of aromatic nitrogens is 5. The van der Waals surface area contributed by atoms with Gasteiger partial charge in [0.25, 0.3) is 0 Å². The SMILES string of the molecule is CCc1cc(-c2c(F)cccc2F)nnc1[C@@](C)(CC(C)C)c1ccnc(-c2ccc(NS(C)(=O)=O)nc2)n1. The quantitative estimate of drug-likeness (QED) is 0.289. The van der Waals surface area contributed by atoms with Gasteiger partial charge in [0.15, 0.2) is 5.82 Å². The Morgan fingerprint density at radius 1 is 1.03 bits per heavy atom. The summed E-state index contributed by atoms with van der Waals surface area (Å²) in [5.41, 5.74) is 2.03. The summed E-state index contributed by atoms with van der Waals surface area (Å²) in [5.74, 6) is -0.536. The maximum Gasteiger partial charge on any atom is 0.230 e. The number of sulfonamides is 1. The molecule has 0 bridgehead atoms. The van der Waals surface area contributed by atoms with Crippen molar-refractivity contribution >= 4 is 15.8 Å². The van der Waals surface area contributed by atoms with Gasteiger partial charge in [0, 0.05) is 18.0 Å². The molecule has 0 spiro atoms. The smallest absolute Gasteiger partial charge is 0.230 e. The Morgan fingerprint density at radius 2 is 1.74 bits per heavy atom. The predicted octanol–water partition coefficient (Wildman–Crippen LogP) is 5.56. The Morgan fingerprint density at radius 3 is 2.33 bits per heavy atom. The third-order valence-electron chi connectivity index (χ3n) is 6.34. The molecule has 0 aliphatic carbocycles. The molecule has 0 amide bonds. The molecule has 4 rings (SSSR count). The topological polar surface area (TPSA) is 111 Å². The molecule has 3 heterocycles. The van der Waals surface area contributed by atoms with Gasteiger partial charge in [-0.15, -0.1) is 5.10 Å². The van der Waals surface area contributed by atoms with Gasteiger partial charge in [-0.2, -0.15) is 5.10 Å². The van der Waals surface area contributed by atoms with Crippen LogP contribution >= 0.6 is 0 Å². The molecule has 1 N–H and O–H groups in total. The molecular formula is C28H30F2N6O2S. The second-order valence-corrected chi connectivity index (χ2v) is 11.8. The van der Waals surface area contributed by atoms with E-state index in [-0.39, 0.29) is 23.0 Å². The third-order valence-corrected chi connectivity index (χ3v) is 6.92. The molecule has 8 nitrogen and oxygen atoms in total. The minimum absolute atomic E-state index is 0.135. The maximum absolute atomic E-state index is 14.5. The fourth-order valence-electron chi connectivity index (χ4n) is 4.75. The van der Waals surface area contributed by atoms with Crippen molar-refractivity contribution in [2.45, 2.75) is 46.0 Å². The first-order chi connectivity index (χ1) is 18.4. The molecule has 1 aromatic carbocycles. The molecule has 204 valence electrons. The summed E-state index contributed by atoms with van der Waals surface area (Å²) in [6.45, 7) is 8.18. The van der Waals surface area contributed by atoms with Crippen molar-refractivity contribution in [2.75, 3.05) is 11.0 Å². The van der Waals surface area contributed by atoms with Crippen LogP contribution in [-0.2, 0) is 21.9 Å². The van der Waals surface area contributed by atoms with Crippen LogP contribution in [0.3, 0.4) is 0 Å².